The molecule has 0 radical (unpaired) electrons. The van der Waals surface area contributed by atoms with Crippen LogP contribution < -0.4 is 10.6 Å². The van der Waals surface area contributed by atoms with Crippen LogP contribution in [0.5, 0.6) is 0 Å². The Hall–Kier alpha value is -4.20. The van der Waals surface area contributed by atoms with Crippen LogP contribution in [0.3, 0.4) is 0 Å². The molecular formula is C38H50N2O6. The summed E-state index contributed by atoms with van der Waals surface area (Å²) in [5, 5.41) is 5.83. The average Bonchev–Trinajstić information content (AvgIpc) is 2.98. The Balaban J connectivity index is 1.90. The first-order valence-electron chi connectivity index (χ1n) is 16.2. The highest BCUT2D eigenvalue weighted by atomic mass is 16.5. The van der Waals surface area contributed by atoms with Gasteiger partial charge in [-0.2, -0.15) is 0 Å². The van der Waals surface area contributed by atoms with E-state index < -0.39 is 46.4 Å². The molecule has 1 aliphatic rings. The van der Waals surface area contributed by atoms with Crippen LogP contribution in [-0.4, -0.2) is 29.8 Å². The molecule has 0 aliphatic heterocycles. The fourth-order valence-electron chi connectivity index (χ4n) is 7.04. The average molecular weight is 631 g/mol. The Bertz CT molecular complexity index is 1430. The van der Waals surface area contributed by atoms with E-state index >= 15 is 0 Å². The van der Waals surface area contributed by atoms with Crippen LogP contribution >= 0.6 is 0 Å². The first-order valence-corrected chi connectivity index (χ1v) is 16.2. The van der Waals surface area contributed by atoms with Gasteiger partial charge < -0.3 is 20.1 Å². The quantitative estimate of drug-likeness (QED) is 0.156. The molecule has 2 aromatic rings. The van der Waals surface area contributed by atoms with E-state index in [0.29, 0.717) is 18.0 Å². The van der Waals surface area contributed by atoms with Crippen molar-refractivity contribution >= 4 is 29.4 Å². The minimum Gasteiger partial charge on any atom is -0.435 e. The third kappa shape index (κ3) is 7.60. The van der Waals surface area contributed by atoms with Crippen LogP contribution in [0, 0.1) is 22.7 Å². The van der Waals surface area contributed by atoms with Crippen LogP contribution in [0.2, 0.25) is 0 Å². The molecule has 248 valence electrons. The number of nitrogens with one attached hydrogen (secondary N) is 2. The lowest BCUT2D eigenvalue weighted by molar-refractivity contribution is -0.218. The minimum absolute atomic E-state index is 0.0979. The zero-order valence-electron chi connectivity index (χ0n) is 28.4. The molecule has 1 saturated carbocycles. The summed E-state index contributed by atoms with van der Waals surface area (Å²) in [6.07, 6.45) is 5.50. The molecule has 8 nitrogen and oxygen atoms in total. The largest absolute Gasteiger partial charge is 0.435 e. The number of rotatable bonds is 15. The summed E-state index contributed by atoms with van der Waals surface area (Å²) in [6.45, 7) is 19.9. The first-order chi connectivity index (χ1) is 21.7. The van der Waals surface area contributed by atoms with Crippen LogP contribution in [0.1, 0.15) is 96.8 Å². The summed E-state index contributed by atoms with van der Waals surface area (Å²) in [7, 11) is 0. The summed E-state index contributed by atoms with van der Waals surface area (Å²) in [6, 6.07) is 15.9. The van der Waals surface area contributed by atoms with Gasteiger partial charge in [0.1, 0.15) is 0 Å². The Kier molecular flexibility index (Phi) is 12.1. The molecule has 6 atom stereocenters. The van der Waals surface area contributed by atoms with Crippen LogP contribution in [0.15, 0.2) is 73.7 Å². The number of anilines is 1. The van der Waals surface area contributed by atoms with Gasteiger partial charge in [0.2, 0.25) is 11.8 Å². The lowest BCUT2D eigenvalue weighted by Gasteiger charge is -2.60. The van der Waals surface area contributed by atoms with E-state index in [1.54, 1.807) is 12.1 Å². The zero-order chi connectivity index (χ0) is 34.2. The van der Waals surface area contributed by atoms with Crippen molar-refractivity contribution in [3.8, 4) is 0 Å². The normalized spacial score (nSPS) is 23.2. The molecule has 0 aromatic heterocycles. The van der Waals surface area contributed by atoms with Gasteiger partial charge in [-0.05, 0) is 81.7 Å². The molecule has 2 aromatic carbocycles. The SMILES string of the molecule is C=COC(=O)C1C(C)(C(=O)Nc2ccc(Cc3ccc(C(C)CCC)cc3)cc2)C(C(=O)NC(C)CCC)C1(C)C(=O)OC(=C)C. The highest BCUT2D eigenvalue weighted by molar-refractivity contribution is 6.08. The van der Waals surface area contributed by atoms with E-state index in [-0.39, 0.29) is 11.8 Å². The van der Waals surface area contributed by atoms with Crippen molar-refractivity contribution in [2.75, 3.05) is 5.32 Å². The van der Waals surface area contributed by atoms with Crippen molar-refractivity contribution in [3.63, 3.8) is 0 Å². The van der Waals surface area contributed by atoms with Gasteiger partial charge in [0.05, 0.1) is 34.7 Å². The number of hydrogen-bond donors (Lipinski definition) is 2. The molecular weight excluding hydrogens is 580 g/mol. The third-order valence-electron chi connectivity index (χ3n) is 9.29. The molecule has 1 aliphatic carbocycles. The van der Waals surface area contributed by atoms with Gasteiger partial charge in [-0.15, -0.1) is 0 Å². The molecule has 2 amide bonds. The van der Waals surface area contributed by atoms with Gasteiger partial charge in [-0.1, -0.05) is 83.2 Å². The number of allylic oxidation sites excluding steroid dienone is 1. The smallest absolute Gasteiger partial charge is 0.318 e. The summed E-state index contributed by atoms with van der Waals surface area (Å²) in [4.78, 5) is 54.8. The summed E-state index contributed by atoms with van der Waals surface area (Å²) in [5.74, 6) is -4.76. The number of benzene rings is 2. The highest BCUT2D eigenvalue weighted by Crippen LogP contribution is 2.65. The molecule has 0 spiro atoms. The fraction of sp³-hybridized carbons (Fsp3) is 0.474. The zero-order valence-corrected chi connectivity index (χ0v) is 28.4. The second-order valence-electron chi connectivity index (χ2n) is 13.1. The predicted octanol–water partition coefficient (Wildman–Crippen LogP) is 7.45. The molecule has 2 N–H and O–H groups in total. The highest BCUT2D eigenvalue weighted by Gasteiger charge is 2.79. The van der Waals surface area contributed by atoms with Gasteiger partial charge in [-0.3, -0.25) is 19.2 Å². The summed E-state index contributed by atoms with van der Waals surface area (Å²) in [5.41, 5.74) is 0.697. The molecule has 3 rings (SSSR count). The van der Waals surface area contributed by atoms with E-state index in [1.807, 2.05) is 26.0 Å². The second-order valence-corrected chi connectivity index (χ2v) is 13.1. The maximum absolute atomic E-state index is 14.1. The molecule has 0 bridgehead atoms. The van der Waals surface area contributed by atoms with E-state index in [4.69, 9.17) is 9.47 Å². The first kappa shape index (κ1) is 36.3. The second kappa shape index (κ2) is 15.4. The number of hydrogen-bond acceptors (Lipinski definition) is 6. The Labute approximate surface area is 274 Å². The van der Waals surface area contributed by atoms with Gasteiger partial charge in [0.25, 0.3) is 0 Å². The van der Waals surface area contributed by atoms with Gasteiger partial charge in [-0.25, -0.2) is 0 Å². The van der Waals surface area contributed by atoms with Crippen molar-refractivity contribution in [1.29, 1.82) is 0 Å². The lowest BCUT2D eigenvalue weighted by Crippen LogP contribution is -2.75. The van der Waals surface area contributed by atoms with Gasteiger partial charge in [0.15, 0.2) is 0 Å². The number of carbonyl (C=O) groups excluding carboxylic acids is 4. The van der Waals surface area contributed by atoms with Crippen LogP contribution in [0.25, 0.3) is 0 Å². The Morgan fingerprint density at radius 2 is 1.46 bits per heavy atom. The monoisotopic (exact) mass is 630 g/mol. The lowest BCUT2D eigenvalue weighted by atomic mass is 9.39. The van der Waals surface area contributed by atoms with E-state index in [9.17, 15) is 19.2 Å². The van der Waals surface area contributed by atoms with Crippen molar-refractivity contribution < 1.29 is 28.7 Å². The molecule has 8 heteroatoms. The Morgan fingerprint density at radius 3 is 1.98 bits per heavy atom. The number of carbonyl (C=O) groups is 4. The van der Waals surface area contributed by atoms with E-state index in [2.05, 4.69) is 61.9 Å². The van der Waals surface area contributed by atoms with Crippen molar-refractivity contribution in [3.05, 3.63) is 90.4 Å². The van der Waals surface area contributed by atoms with E-state index in [1.165, 1.54) is 31.9 Å². The minimum atomic E-state index is -1.71. The number of ether oxygens (including phenoxy) is 2. The van der Waals surface area contributed by atoms with Crippen molar-refractivity contribution in [2.24, 2.45) is 22.7 Å². The topological polar surface area (TPSA) is 111 Å². The summed E-state index contributed by atoms with van der Waals surface area (Å²) < 4.78 is 10.5. The predicted molar refractivity (Wildman–Crippen MR) is 181 cm³/mol. The number of esters is 2. The van der Waals surface area contributed by atoms with E-state index in [0.717, 1.165) is 37.5 Å². The number of amides is 2. The van der Waals surface area contributed by atoms with Crippen LogP contribution in [-0.2, 0) is 35.1 Å². The maximum Gasteiger partial charge on any atom is 0.318 e. The fourth-order valence-corrected chi connectivity index (χ4v) is 7.04. The van der Waals surface area contributed by atoms with Crippen molar-refractivity contribution in [2.45, 2.75) is 92.5 Å². The standard InChI is InChI=1S/C38H50N2O6/c1-10-13-25(6)29-19-15-27(16-20-29)23-28-17-21-30(22-18-28)40-35(43)37(8)31(33(41)39-26(7)14-11-2)38(9,36(44)46-24(4)5)32(37)34(42)45-12-3/h12,15-22,25-26,31-32H,3-4,10-11,13-14,23H2,1-2,5-9H3,(H,39,41)(H,40,43). The molecule has 46 heavy (non-hydrogen) atoms. The third-order valence-corrected chi connectivity index (χ3v) is 9.29. The molecule has 0 saturated heterocycles. The maximum atomic E-state index is 14.1. The Morgan fingerprint density at radius 1 is 0.891 bits per heavy atom. The molecule has 0 heterocycles. The summed E-state index contributed by atoms with van der Waals surface area (Å²) >= 11 is 0. The molecule has 1 fully saturated rings. The van der Waals surface area contributed by atoms with Gasteiger partial charge in [0, 0.05) is 11.7 Å². The van der Waals surface area contributed by atoms with Crippen LogP contribution in [0.4, 0.5) is 5.69 Å². The van der Waals surface area contributed by atoms with Crippen molar-refractivity contribution in [1.82, 2.24) is 5.32 Å². The molecule has 6 unspecified atom stereocenters. The van der Waals surface area contributed by atoms with Gasteiger partial charge >= 0.3 is 11.9 Å².